The van der Waals surface area contributed by atoms with E-state index >= 15 is 0 Å². The van der Waals surface area contributed by atoms with E-state index in [1.54, 1.807) is 42.0 Å². The Bertz CT molecular complexity index is 1530. The number of carbonyl (C=O) groups is 1. The number of hydrogen-bond acceptors (Lipinski definition) is 7. The number of amides is 1. The third kappa shape index (κ3) is 6.04. The van der Waals surface area contributed by atoms with E-state index in [1.807, 2.05) is 32.0 Å². The minimum absolute atomic E-state index is 0.000368. The SMILES string of the molecule is COCCNC(=O)c1ccc2c(=O)n(-c3cc(C)cc(C)c3)c(SCc3cccc([N+](=O)[O-])c3)nc2c1. The van der Waals surface area contributed by atoms with Gasteiger partial charge in [0.2, 0.25) is 0 Å². The van der Waals surface area contributed by atoms with E-state index in [0.29, 0.717) is 46.2 Å². The van der Waals surface area contributed by atoms with Gasteiger partial charge in [-0.25, -0.2) is 4.98 Å². The smallest absolute Gasteiger partial charge is 0.269 e. The van der Waals surface area contributed by atoms with Crippen LogP contribution in [0, 0.1) is 24.0 Å². The third-order valence-electron chi connectivity index (χ3n) is 5.65. The molecule has 0 bridgehead atoms. The molecule has 9 nitrogen and oxygen atoms in total. The number of nitrogens with zero attached hydrogens (tertiary/aromatic N) is 3. The zero-order valence-corrected chi connectivity index (χ0v) is 21.5. The van der Waals surface area contributed by atoms with Crippen LogP contribution >= 0.6 is 11.8 Å². The minimum atomic E-state index is -0.437. The molecule has 0 spiro atoms. The lowest BCUT2D eigenvalue weighted by Crippen LogP contribution is -2.27. The summed E-state index contributed by atoms with van der Waals surface area (Å²) in [5.74, 6) is 0.0757. The van der Waals surface area contributed by atoms with Crippen molar-refractivity contribution in [2.24, 2.45) is 0 Å². The lowest BCUT2D eigenvalue weighted by Gasteiger charge is -2.15. The molecular weight excluding hydrogens is 492 g/mol. The molecule has 10 heteroatoms. The lowest BCUT2D eigenvalue weighted by molar-refractivity contribution is -0.384. The predicted molar refractivity (Wildman–Crippen MR) is 144 cm³/mol. The second kappa shape index (κ2) is 11.4. The van der Waals surface area contributed by atoms with Crippen LogP contribution < -0.4 is 10.9 Å². The van der Waals surface area contributed by atoms with E-state index < -0.39 is 4.92 Å². The van der Waals surface area contributed by atoms with Crippen molar-refractivity contribution in [3.8, 4) is 5.69 Å². The van der Waals surface area contributed by atoms with Crippen molar-refractivity contribution in [2.75, 3.05) is 20.3 Å². The standard InChI is InChI=1S/C27H26N4O5S/c1-17-11-18(2)13-22(12-17)30-26(33)23-8-7-20(25(32)28-9-10-36-3)15-24(23)29-27(30)37-16-19-5-4-6-21(14-19)31(34)35/h4-8,11-15H,9-10,16H2,1-3H3,(H,28,32). The van der Waals surface area contributed by atoms with Gasteiger partial charge in [-0.3, -0.25) is 24.3 Å². The van der Waals surface area contributed by atoms with Gasteiger partial charge < -0.3 is 10.1 Å². The molecule has 0 unspecified atom stereocenters. The average Bonchev–Trinajstić information content (AvgIpc) is 2.86. The van der Waals surface area contributed by atoms with E-state index in [1.165, 1.54) is 23.9 Å². The van der Waals surface area contributed by atoms with Crippen molar-refractivity contribution in [3.05, 3.63) is 103 Å². The lowest BCUT2D eigenvalue weighted by atomic mass is 10.1. The fraction of sp³-hybridized carbons (Fsp3) is 0.222. The quantitative estimate of drug-likeness (QED) is 0.113. The number of carbonyl (C=O) groups excluding carboxylic acids is 1. The summed E-state index contributed by atoms with van der Waals surface area (Å²) < 4.78 is 6.53. The Balaban J connectivity index is 1.80. The maximum Gasteiger partial charge on any atom is 0.269 e. The van der Waals surface area contributed by atoms with Crippen molar-refractivity contribution >= 4 is 34.3 Å². The molecule has 0 saturated heterocycles. The molecule has 0 fully saturated rings. The number of aryl methyl sites for hydroxylation is 2. The van der Waals surface area contributed by atoms with Gasteiger partial charge in [-0.15, -0.1) is 0 Å². The molecule has 0 aliphatic carbocycles. The highest BCUT2D eigenvalue weighted by Gasteiger charge is 2.17. The highest BCUT2D eigenvalue weighted by molar-refractivity contribution is 7.98. The third-order valence-corrected chi connectivity index (χ3v) is 6.66. The predicted octanol–water partition coefficient (Wildman–Crippen LogP) is 4.58. The van der Waals surface area contributed by atoms with Gasteiger partial charge in [0.05, 0.1) is 28.1 Å². The van der Waals surface area contributed by atoms with Crippen LogP contribution in [0.3, 0.4) is 0 Å². The largest absolute Gasteiger partial charge is 0.383 e. The van der Waals surface area contributed by atoms with Crippen LogP contribution in [-0.2, 0) is 10.5 Å². The average molecular weight is 519 g/mol. The summed E-state index contributed by atoms with van der Waals surface area (Å²) in [7, 11) is 1.56. The number of methoxy groups -OCH3 is 1. The molecule has 190 valence electrons. The highest BCUT2D eigenvalue weighted by atomic mass is 32.2. The summed E-state index contributed by atoms with van der Waals surface area (Å²) in [6.45, 7) is 4.66. The van der Waals surface area contributed by atoms with Gasteiger partial charge in [-0.05, 0) is 60.9 Å². The molecule has 1 N–H and O–H groups in total. The number of fused-ring (bicyclic) bond motifs is 1. The van der Waals surface area contributed by atoms with Crippen LogP contribution in [0.25, 0.3) is 16.6 Å². The molecule has 3 aromatic carbocycles. The first kappa shape index (κ1) is 26.1. The number of nitro benzene ring substituents is 1. The molecule has 0 saturated carbocycles. The van der Waals surface area contributed by atoms with E-state index in [9.17, 15) is 19.7 Å². The number of non-ortho nitro benzene ring substituents is 1. The van der Waals surface area contributed by atoms with E-state index in [4.69, 9.17) is 9.72 Å². The monoisotopic (exact) mass is 518 g/mol. The van der Waals surface area contributed by atoms with Gasteiger partial charge in [0, 0.05) is 37.1 Å². The van der Waals surface area contributed by atoms with Crippen LogP contribution in [0.2, 0.25) is 0 Å². The molecule has 0 atom stereocenters. The topological polar surface area (TPSA) is 116 Å². The maximum absolute atomic E-state index is 13.7. The molecule has 0 aliphatic heterocycles. The molecular formula is C27H26N4O5S. The zero-order valence-electron chi connectivity index (χ0n) is 20.7. The van der Waals surface area contributed by atoms with Gasteiger partial charge in [-0.2, -0.15) is 0 Å². The molecule has 1 heterocycles. The first-order valence-corrected chi connectivity index (χ1v) is 12.5. The number of rotatable bonds is 9. The van der Waals surface area contributed by atoms with E-state index in [0.717, 1.165) is 16.7 Å². The van der Waals surface area contributed by atoms with Crippen molar-refractivity contribution in [3.63, 3.8) is 0 Å². The first-order valence-electron chi connectivity index (χ1n) is 11.6. The molecule has 0 aliphatic rings. The summed E-state index contributed by atoms with van der Waals surface area (Å²) >= 11 is 1.30. The number of hydrogen-bond donors (Lipinski definition) is 1. The minimum Gasteiger partial charge on any atom is -0.383 e. The number of ether oxygens (including phenoxy) is 1. The summed E-state index contributed by atoms with van der Waals surface area (Å²) in [6.07, 6.45) is 0. The Kier molecular flexibility index (Phi) is 8.00. The summed E-state index contributed by atoms with van der Waals surface area (Å²) in [5.41, 5.74) is 3.93. The number of aromatic nitrogens is 2. The Morgan fingerprint density at radius 2 is 1.86 bits per heavy atom. The highest BCUT2D eigenvalue weighted by Crippen LogP contribution is 2.27. The van der Waals surface area contributed by atoms with Crippen molar-refractivity contribution < 1.29 is 14.5 Å². The van der Waals surface area contributed by atoms with E-state index in [-0.39, 0.29) is 17.2 Å². The second-order valence-electron chi connectivity index (χ2n) is 8.58. The van der Waals surface area contributed by atoms with Crippen molar-refractivity contribution in [1.29, 1.82) is 0 Å². The van der Waals surface area contributed by atoms with Crippen molar-refractivity contribution in [1.82, 2.24) is 14.9 Å². The van der Waals surface area contributed by atoms with Crippen LogP contribution in [-0.4, -0.2) is 40.6 Å². The Labute approximate surface area is 217 Å². The van der Waals surface area contributed by atoms with Crippen molar-refractivity contribution in [2.45, 2.75) is 24.8 Å². The molecule has 4 aromatic rings. The summed E-state index contributed by atoms with van der Waals surface area (Å²) in [5, 5.41) is 14.8. The maximum atomic E-state index is 13.7. The number of thioether (sulfide) groups is 1. The molecule has 1 aromatic heterocycles. The fourth-order valence-electron chi connectivity index (χ4n) is 3.99. The number of benzene rings is 3. The normalized spacial score (nSPS) is 11.0. The van der Waals surface area contributed by atoms with Gasteiger partial charge in [0.1, 0.15) is 0 Å². The van der Waals surface area contributed by atoms with Gasteiger partial charge in [-0.1, -0.05) is 30.0 Å². The van der Waals surface area contributed by atoms with Gasteiger partial charge in [0.25, 0.3) is 17.2 Å². The van der Waals surface area contributed by atoms with Crippen LogP contribution in [0.1, 0.15) is 27.0 Å². The van der Waals surface area contributed by atoms with Crippen LogP contribution in [0.5, 0.6) is 0 Å². The number of nitrogens with one attached hydrogen (secondary N) is 1. The summed E-state index contributed by atoms with van der Waals surface area (Å²) in [6, 6.07) is 17.0. The van der Waals surface area contributed by atoms with Gasteiger partial charge >= 0.3 is 0 Å². The van der Waals surface area contributed by atoms with Crippen LogP contribution in [0.4, 0.5) is 5.69 Å². The zero-order chi connectivity index (χ0) is 26.5. The van der Waals surface area contributed by atoms with Gasteiger partial charge in [0.15, 0.2) is 5.16 Å². The molecule has 0 radical (unpaired) electrons. The van der Waals surface area contributed by atoms with Crippen LogP contribution in [0.15, 0.2) is 70.6 Å². The molecule has 4 rings (SSSR count). The fourth-order valence-corrected chi connectivity index (χ4v) is 4.94. The Hall–Kier alpha value is -4.02. The first-order chi connectivity index (χ1) is 17.8. The number of nitro groups is 1. The molecule has 37 heavy (non-hydrogen) atoms. The summed E-state index contributed by atoms with van der Waals surface area (Å²) in [4.78, 5) is 41.8. The molecule has 1 amide bonds. The Morgan fingerprint density at radius 1 is 1.11 bits per heavy atom. The van der Waals surface area contributed by atoms with E-state index in [2.05, 4.69) is 5.32 Å². The Morgan fingerprint density at radius 3 is 2.57 bits per heavy atom. The second-order valence-corrected chi connectivity index (χ2v) is 9.52.